The molecule has 1 aliphatic rings. The fourth-order valence-corrected chi connectivity index (χ4v) is 6.62. The van der Waals surface area contributed by atoms with Crippen LogP contribution in [0.25, 0.3) is 0 Å². The van der Waals surface area contributed by atoms with E-state index in [1.165, 1.54) is 21.6 Å². The molecule has 7 heteroatoms. The van der Waals surface area contributed by atoms with Crippen molar-refractivity contribution in [1.29, 1.82) is 0 Å². The van der Waals surface area contributed by atoms with Gasteiger partial charge in [-0.25, -0.2) is 0 Å². The van der Waals surface area contributed by atoms with Gasteiger partial charge >= 0.3 is 0 Å². The number of aryl methyl sites for hydroxylation is 1. The molecule has 0 saturated carbocycles. The topological polar surface area (TPSA) is 35.9 Å². The van der Waals surface area contributed by atoms with Gasteiger partial charge in [0.2, 0.25) is 0 Å². The Labute approximate surface area is 196 Å². The molecule has 1 N–H and O–H groups in total. The Bertz CT molecular complexity index is 1070. The minimum absolute atomic E-state index is 0.382. The van der Waals surface area contributed by atoms with Crippen LogP contribution in [0.1, 0.15) is 27.1 Å². The van der Waals surface area contributed by atoms with Crippen LogP contribution in [0.5, 0.6) is 11.5 Å². The van der Waals surface area contributed by atoms with Gasteiger partial charge in [0.15, 0.2) is 0 Å². The van der Waals surface area contributed by atoms with Gasteiger partial charge in [-0.15, -0.1) is 0 Å². The second kappa shape index (κ2) is 10.2. The molecule has 0 atom stereocenters. The van der Waals surface area contributed by atoms with Gasteiger partial charge in [-0.3, -0.25) is 9.80 Å². The third kappa shape index (κ3) is 5.73. The van der Waals surface area contributed by atoms with Crippen LogP contribution in [-0.2, 0) is 19.5 Å². The summed E-state index contributed by atoms with van der Waals surface area (Å²) in [4.78, 5) is 6.22. The predicted octanol–water partition coefficient (Wildman–Crippen LogP) is 5.47. The maximum absolute atomic E-state index is 10.4. The Kier molecular flexibility index (Phi) is 7.40. The normalized spacial score (nSPS) is 15.3. The zero-order valence-corrected chi connectivity index (χ0v) is 20.4. The molecule has 2 heterocycles. The first-order valence-corrected chi connectivity index (χ1v) is 13.0. The first-order valence-electron chi connectivity index (χ1n) is 10.5. The zero-order valence-electron chi connectivity index (χ0n) is 18.0. The Morgan fingerprint density at radius 2 is 1.58 bits per heavy atom. The van der Waals surface area contributed by atoms with Gasteiger partial charge in [-0.05, 0) is 41.8 Å². The molecule has 0 amide bonds. The van der Waals surface area contributed by atoms with Crippen LogP contribution >= 0.6 is 32.9 Å². The number of aromatic hydroxyl groups is 1. The van der Waals surface area contributed by atoms with E-state index in [0.717, 1.165) is 60.8 Å². The van der Waals surface area contributed by atoms with Crippen molar-refractivity contribution in [3.63, 3.8) is 0 Å². The van der Waals surface area contributed by atoms with Crippen LogP contribution in [0.2, 0.25) is 0 Å². The van der Waals surface area contributed by atoms with E-state index in [0.29, 0.717) is 5.75 Å². The summed E-state index contributed by atoms with van der Waals surface area (Å²) in [5.41, 5.74) is 4.79. The van der Waals surface area contributed by atoms with Gasteiger partial charge < -0.3 is 9.84 Å². The number of methoxy groups -OCH3 is 1. The summed E-state index contributed by atoms with van der Waals surface area (Å²) in [6.07, 6.45) is 0.841. The third-order valence-corrected chi connectivity index (χ3v) is 9.15. The molecule has 0 unspecified atom stereocenters. The SMILES string of the molecule is COc1ccc(CN2CCN(Cc3cc(Cc4c(C)ssc4=S)ccc3O)CC2)cc1. The van der Waals surface area contributed by atoms with Crippen molar-refractivity contribution in [1.82, 2.24) is 9.80 Å². The number of phenols is 1. The van der Waals surface area contributed by atoms with Crippen molar-refractivity contribution in [2.24, 2.45) is 0 Å². The van der Waals surface area contributed by atoms with Gasteiger partial charge in [0.05, 0.1) is 7.11 Å². The highest BCUT2D eigenvalue weighted by molar-refractivity contribution is 7.79. The van der Waals surface area contributed by atoms with Gasteiger partial charge in [0, 0.05) is 56.1 Å². The van der Waals surface area contributed by atoms with Gasteiger partial charge in [0.25, 0.3) is 0 Å². The van der Waals surface area contributed by atoms with Crippen LogP contribution < -0.4 is 4.74 Å². The number of hydrogen-bond acceptors (Lipinski definition) is 7. The summed E-state index contributed by atoms with van der Waals surface area (Å²) in [6, 6.07) is 14.3. The molecule has 2 aromatic carbocycles. The van der Waals surface area contributed by atoms with E-state index < -0.39 is 0 Å². The van der Waals surface area contributed by atoms with Crippen molar-refractivity contribution in [3.05, 3.63) is 73.4 Å². The van der Waals surface area contributed by atoms with E-state index in [9.17, 15) is 5.11 Å². The van der Waals surface area contributed by atoms with Crippen LogP contribution in [0, 0.1) is 10.7 Å². The highest BCUT2D eigenvalue weighted by Crippen LogP contribution is 2.28. The van der Waals surface area contributed by atoms with E-state index in [2.05, 4.69) is 34.9 Å². The van der Waals surface area contributed by atoms with Gasteiger partial charge in [0.1, 0.15) is 15.3 Å². The average Bonchev–Trinajstić information content (AvgIpc) is 3.10. The minimum atomic E-state index is 0.382. The second-order valence-electron chi connectivity index (χ2n) is 8.03. The summed E-state index contributed by atoms with van der Waals surface area (Å²) in [6.45, 7) is 7.94. The van der Waals surface area contributed by atoms with Crippen molar-refractivity contribution in [2.75, 3.05) is 33.3 Å². The van der Waals surface area contributed by atoms with Crippen LogP contribution in [0.4, 0.5) is 0 Å². The lowest BCUT2D eigenvalue weighted by Gasteiger charge is -2.35. The number of hydrogen-bond donors (Lipinski definition) is 1. The molecule has 31 heavy (non-hydrogen) atoms. The molecule has 3 aromatic rings. The molecule has 1 aromatic heterocycles. The maximum Gasteiger partial charge on any atom is 0.120 e. The number of rotatable bonds is 7. The molecular weight excluding hydrogens is 444 g/mol. The van der Waals surface area contributed by atoms with E-state index in [1.54, 1.807) is 27.8 Å². The average molecular weight is 473 g/mol. The molecule has 1 aliphatic heterocycles. The Hall–Kier alpha value is -1.77. The van der Waals surface area contributed by atoms with Crippen molar-refractivity contribution >= 4 is 32.9 Å². The minimum Gasteiger partial charge on any atom is -0.508 e. The molecule has 0 bridgehead atoms. The van der Waals surface area contributed by atoms with E-state index >= 15 is 0 Å². The van der Waals surface area contributed by atoms with Crippen LogP contribution in [0.3, 0.4) is 0 Å². The second-order valence-corrected chi connectivity index (χ2v) is 11.0. The van der Waals surface area contributed by atoms with Gasteiger partial charge in [-0.1, -0.05) is 57.2 Å². The zero-order chi connectivity index (χ0) is 21.8. The number of ether oxygens (including phenoxy) is 1. The van der Waals surface area contributed by atoms with E-state index in [-0.39, 0.29) is 0 Å². The number of piperazine rings is 1. The maximum atomic E-state index is 10.4. The highest BCUT2D eigenvalue weighted by atomic mass is 32.9. The lowest BCUT2D eigenvalue weighted by Crippen LogP contribution is -2.45. The molecule has 0 spiro atoms. The Balaban J connectivity index is 1.34. The van der Waals surface area contributed by atoms with Crippen molar-refractivity contribution < 1.29 is 9.84 Å². The number of phenolic OH excluding ortho intramolecular Hbond substituents is 1. The molecule has 0 aliphatic carbocycles. The van der Waals surface area contributed by atoms with E-state index in [4.69, 9.17) is 17.0 Å². The van der Waals surface area contributed by atoms with Crippen molar-refractivity contribution in [2.45, 2.75) is 26.4 Å². The van der Waals surface area contributed by atoms with Crippen molar-refractivity contribution in [3.8, 4) is 11.5 Å². The number of benzene rings is 2. The lowest BCUT2D eigenvalue weighted by molar-refractivity contribution is 0.121. The lowest BCUT2D eigenvalue weighted by atomic mass is 10.0. The summed E-state index contributed by atoms with van der Waals surface area (Å²) < 4.78 is 6.23. The van der Waals surface area contributed by atoms with Crippen LogP contribution in [0.15, 0.2) is 42.5 Å². The fraction of sp³-hybridized carbons (Fsp3) is 0.375. The van der Waals surface area contributed by atoms with E-state index in [1.807, 2.05) is 24.3 Å². The largest absolute Gasteiger partial charge is 0.508 e. The highest BCUT2D eigenvalue weighted by Gasteiger charge is 2.18. The molecule has 164 valence electrons. The summed E-state index contributed by atoms with van der Waals surface area (Å²) in [5, 5.41) is 10.4. The molecule has 1 fully saturated rings. The molecule has 4 rings (SSSR count). The fourth-order valence-electron chi connectivity index (χ4n) is 3.96. The molecule has 1 saturated heterocycles. The Morgan fingerprint density at radius 3 is 2.19 bits per heavy atom. The summed E-state index contributed by atoms with van der Waals surface area (Å²) >= 11 is 5.49. The first kappa shape index (κ1) is 22.4. The predicted molar refractivity (Wildman–Crippen MR) is 132 cm³/mol. The standard InChI is InChI=1S/C24H28N2O2S3/c1-17-22(24(29)31-30-17)14-19-5-8-23(27)20(13-19)16-26-11-9-25(10-12-26)15-18-3-6-21(28-2)7-4-18/h3-8,13,27H,9-12,14-16H2,1-2H3. The third-order valence-electron chi connectivity index (χ3n) is 5.86. The summed E-state index contributed by atoms with van der Waals surface area (Å²) in [5.74, 6) is 1.28. The smallest absolute Gasteiger partial charge is 0.120 e. The number of nitrogens with zero attached hydrogens (tertiary/aromatic N) is 2. The quantitative estimate of drug-likeness (QED) is 0.364. The van der Waals surface area contributed by atoms with Gasteiger partial charge in [-0.2, -0.15) is 0 Å². The molecule has 4 nitrogen and oxygen atoms in total. The monoisotopic (exact) mass is 472 g/mol. The molecular formula is C24H28N2O2S3. The first-order chi connectivity index (χ1) is 15.0. The van der Waals surface area contributed by atoms with Crippen LogP contribution in [-0.4, -0.2) is 48.2 Å². The molecule has 0 radical (unpaired) electrons. The Morgan fingerprint density at radius 1 is 0.935 bits per heavy atom. The summed E-state index contributed by atoms with van der Waals surface area (Å²) in [7, 11) is 5.13.